The Hall–Kier alpha value is -2.30. The lowest BCUT2D eigenvalue weighted by atomic mass is 10.1. The van der Waals surface area contributed by atoms with E-state index in [1.165, 1.54) is 12.1 Å². The molecule has 2 rings (SSSR count). The monoisotopic (exact) mass is 464 g/mol. The molecule has 2 aromatic carbocycles. The molecule has 0 fully saturated rings. The number of nitrogens with zero attached hydrogens (tertiary/aromatic N) is 1. The molecule has 5 nitrogen and oxygen atoms in total. The number of aromatic hydroxyl groups is 1. The van der Waals surface area contributed by atoms with E-state index in [2.05, 4.69) is 37.2 Å². The van der Waals surface area contributed by atoms with Crippen LogP contribution in [0.25, 0.3) is 6.08 Å². The second kappa shape index (κ2) is 8.70. The van der Waals surface area contributed by atoms with E-state index >= 15 is 0 Å². The number of nitriles is 1. The zero-order chi connectivity index (χ0) is 18.4. The Morgan fingerprint density at radius 1 is 1.32 bits per heavy atom. The summed E-state index contributed by atoms with van der Waals surface area (Å²) in [5.74, 6) is -0.269. The average molecular weight is 466 g/mol. The zero-order valence-corrected chi connectivity index (χ0v) is 16.4. The highest BCUT2D eigenvalue weighted by atomic mass is 79.9. The Labute approximate surface area is 162 Å². The molecule has 0 saturated carbocycles. The van der Waals surface area contributed by atoms with Crippen LogP contribution in [0.15, 0.2) is 50.9 Å². The molecule has 0 aliphatic carbocycles. The van der Waals surface area contributed by atoms with Crippen molar-refractivity contribution in [2.24, 2.45) is 0 Å². The third-order valence-corrected chi connectivity index (χ3v) is 4.36. The van der Waals surface area contributed by atoms with Crippen molar-refractivity contribution < 1.29 is 14.6 Å². The number of halogens is 2. The van der Waals surface area contributed by atoms with Gasteiger partial charge in [0.25, 0.3) is 5.91 Å². The summed E-state index contributed by atoms with van der Waals surface area (Å²) < 4.78 is 6.75. The summed E-state index contributed by atoms with van der Waals surface area (Å²) in [6.07, 6.45) is 1.43. The van der Waals surface area contributed by atoms with E-state index in [0.717, 1.165) is 4.47 Å². The van der Waals surface area contributed by atoms with E-state index in [-0.39, 0.29) is 17.1 Å². The first-order chi connectivity index (χ1) is 11.9. The van der Waals surface area contributed by atoms with Gasteiger partial charge in [0.05, 0.1) is 6.61 Å². The van der Waals surface area contributed by atoms with Crippen LogP contribution in [-0.2, 0) is 4.79 Å². The van der Waals surface area contributed by atoms with E-state index in [4.69, 9.17) is 4.74 Å². The summed E-state index contributed by atoms with van der Waals surface area (Å²) in [5, 5.41) is 21.8. The van der Waals surface area contributed by atoms with Gasteiger partial charge in [-0.15, -0.1) is 0 Å². The predicted molar refractivity (Wildman–Crippen MR) is 103 cm³/mol. The normalized spacial score (nSPS) is 10.9. The molecule has 7 heteroatoms. The Kier molecular flexibility index (Phi) is 6.62. The fourth-order valence-electron chi connectivity index (χ4n) is 1.98. The first kappa shape index (κ1) is 19.0. The third kappa shape index (κ3) is 5.08. The third-order valence-electron chi connectivity index (χ3n) is 3.15. The minimum absolute atomic E-state index is 0.0244. The van der Waals surface area contributed by atoms with Crippen molar-refractivity contribution in [1.29, 1.82) is 5.26 Å². The molecule has 0 aromatic heterocycles. The van der Waals surface area contributed by atoms with Crippen LogP contribution in [-0.4, -0.2) is 17.6 Å². The molecule has 2 N–H and O–H groups in total. The summed E-state index contributed by atoms with van der Waals surface area (Å²) in [6, 6.07) is 11.9. The summed E-state index contributed by atoms with van der Waals surface area (Å²) >= 11 is 6.63. The van der Waals surface area contributed by atoms with Gasteiger partial charge < -0.3 is 15.2 Å². The fourth-order valence-corrected chi connectivity index (χ4v) is 2.69. The minimum atomic E-state index is -0.525. The van der Waals surface area contributed by atoms with Crippen molar-refractivity contribution in [1.82, 2.24) is 0 Å². The highest BCUT2D eigenvalue weighted by molar-refractivity contribution is 9.10. The van der Waals surface area contributed by atoms with Gasteiger partial charge in [0.2, 0.25) is 0 Å². The summed E-state index contributed by atoms with van der Waals surface area (Å²) in [6.45, 7) is 2.18. The van der Waals surface area contributed by atoms with Gasteiger partial charge in [-0.1, -0.05) is 31.9 Å². The number of benzene rings is 2. The maximum atomic E-state index is 12.3. The van der Waals surface area contributed by atoms with Gasteiger partial charge in [-0.05, 0) is 55.0 Å². The number of carbonyl (C=O) groups is 1. The van der Waals surface area contributed by atoms with Gasteiger partial charge in [-0.25, -0.2) is 0 Å². The van der Waals surface area contributed by atoms with Crippen LogP contribution in [0.5, 0.6) is 11.5 Å². The molecule has 0 unspecified atom stereocenters. The van der Waals surface area contributed by atoms with Gasteiger partial charge in [-0.3, -0.25) is 4.79 Å². The molecule has 0 aliphatic rings. The number of anilines is 1. The number of hydrogen-bond donors (Lipinski definition) is 2. The first-order valence-corrected chi connectivity index (χ1v) is 8.87. The average Bonchev–Trinajstić information content (AvgIpc) is 2.58. The number of phenols is 1. The molecule has 0 bridgehead atoms. The van der Waals surface area contributed by atoms with E-state index in [1.807, 2.05) is 6.07 Å². The molecular formula is C18H14Br2N2O3. The molecule has 25 heavy (non-hydrogen) atoms. The highest BCUT2D eigenvalue weighted by Crippen LogP contribution is 2.33. The number of nitrogens with one attached hydrogen (secondary N) is 1. The van der Waals surface area contributed by atoms with Crippen LogP contribution < -0.4 is 10.1 Å². The predicted octanol–water partition coefficient (Wildman–Crippen LogP) is 4.86. The van der Waals surface area contributed by atoms with Crippen molar-refractivity contribution >= 4 is 49.5 Å². The number of amides is 1. The maximum Gasteiger partial charge on any atom is 0.266 e. The maximum absolute atomic E-state index is 12.3. The van der Waals surface area contributed by atoms with Crippen molar-refractivity contribution in [2.45, 2.75) is 6.92 Å². The lowest BCUT2D eigenvalue weighted by Gasteiger charge is -2.09. The van der Waals surface area contributed by atoms with Gasteiger partial charge in [-0.2, -0.15) is 5.26 Å². The molecule has 1 amide bonds. The van der Waals surface area contributed by atoms with E-state index in [0.29, 0.717) is 22.3 Å². The molecule has 0 spiro atoms. The number of ether oxygens (including phenoxy) is 1. The van der Waals surface area contributed by atoms with Crippen LogP contribution in [0.2, 0.25) is 0 Å². The Bertz CT molecular complexity index is 856. The van der Waals surface area contributed by atoms with Gasteiger partial charge in [0, 0.05) is 14.6 Å². The van der Waals surface area contributed by atoms with Crippen molar-refractivity contribution in [3.05, 3.63) is 56.5 Å². The Morgan fingerprint density at radius 3 is 2.60 bits per heavy atom. The van der Waals surface area contributed by atoms with Crippen LogP contribution in [0.3, 0.4) is 0 Å². The summed E-state index contributed by atoms with van der Waals surface area (Å²) in [4.78, 5) is 12.3. The summed E-state index contributed by atoms with van der Waals surface area (Å²) in [7, 11) is 0. The number of phenolic OH excluding ortho intramolecular Hbond substituents is 1. The fraction of sp³-hybridized carbons (Fsp3) is 0.111. The Morgan fingerprint density at radius 2 is 2.00 bits per heavy atom. The van der Waals surface area contributed by atoms with Crippen LogP contribution in [0, 0.1) is 11.3 Å². The minimum Gasteiger partial charge on any atom is -0.504 e. The first-order valence-electron chi connectivity index (χ1n) is 7.28. The molecule has 0 heterocycles. The van der Waals surface area contributed by atoms with Crippen LogP contribution >= 0.6 is 31.9 Å². The molecule has 2 aromatic rings. The van der Waals surface area contributed by atoms with E-state index in [9.17, 15) is 15.2 Å². The molecular weight excluding hydrogens is 452 g/mol. The van der Waals surface area contributed by atoms with Crippen LogP contribution in [0.1, 0.15) is 12.5 Å². The quantitative estimate of drug-likeness (QED) is 0.487. The van der Waals surface area contributed by atoms with Crippen LogP contribution in [0.4, 0.5) is 5.69 Å². The topological polar surface area (TPSA) is 82.3 Å². The zero-order valence-electron chi connectivity index (χ0n) is 13.2. The SMILES string of the molecule is CCOc1cc(/C=C(\C#N)C(=O)Nc2ccc(Br)cc2)c(Br)cc1O. The number of carbonyl (C=O) groups excluding carboxylic acids is 1. The number of hydrogen-bond acceptors (Lipinski definition) is 4. The van der Waals surface area contributed by atoms with E-state index in [1.54, 1.807) is 37.3 Å². The van der Waals surface area contributed by atoms with Gasteiger partial charge in [0.15, 0.2) is 11.5 Å². The second-order valence-corrected chi connectivity index (χ2v) is 6.68. The molecule has 0 radical (unpaired) electrons. The summed E-state index contributed by atoms with van der Waals surface area (Å²) in [5.41, 5.74) is 1.05. The molecule has 128 valence electrons. The smallest absolute Gasteiger partial charge is 0.266 e. The largest absolute Gasteiger partial charge is 0.504 e. The Balaban J connectivity index is 2.30. The van der Waals surface area contributed by atoms with Gasteiger partial charge >= 0.3 is 0 Å². The van der Waals surface area contributed by atoms with Crippen molar-refractivity contribution in [3.63, 3.8) is 0 Å². The van der Waals surface area contributed by atoms with Gasteiger partial charge in [0.1, 0.15) is 11.6 Å². The molecule has 0 atom stereocenters. The van der Waals surface area contributed by atoms with Crippen molar-refractivity contribution in [3.8, 4) is 17.6 Å². The standard InChI is InChI=1S/C18H14Br2N2O3/c1-2-25-17-8-11(15(20)9-16(17)23)7-12(10-21)18(24)22-14-5-3-13(19)4-6-14/h3-9,23H,2H2,1H3,(H,22,24)/b12-7+. The lowest BCUT2D eigenvalue weighted by Crippen LogP contribution is -2.13. The highest BCUT2D eigenvalue weighted by Gasteiger charge is 2.13. The second-order valence-electron chi connectivity index (χ2n) is 4.91. The number of rotatable bonds is 5. The van der Waals surface area contributed by atoms with E-state index < -0.39 is 5.91 Å². The lowest BCUT2D eigenvalue weighted by molar-refractivity contribution is -0.112. The molecule has 0 aliphatic heterocycles. The van der Waals surface area contributed by atoms with Crippen molar-refractivity contribution in [2.75, 3.05) is 11.9 Å². The molecule has 0 saturated heterocycles.